The normalized spacial score (nSPS) is 16.2. The van der Waals surface area contributed by atoms with E-state index in [1.165, 1.54) is 12.1 Å². The van der Waals surface area contributed by atoms with Crippen LogP contribution in [0.15, 0.2) is 42.5 Å². The smallest absolute Gasteiger partial charge is 0.269 e. The zero-order chi connectivity index (χ0) is 18.1. The van der Waals surface area contributed by atoms with Crippen LogP contribution < -0.4 is 9.64 Å². The average molecular weight is 353 g/mol. The van der Waals surface area contributed by atoms with Crippen molar-refractivity contribution >= 4 is 17.3 Å². The fraction of sp³-hybridized carbons (Fsp3) is 0.316. The Bertz CT molecular complexity index is 842. The summed E-state index contributed by atoms with van der Waals surface area (Å²) in [6.45, 7) is 3.35. The number of nitro benzene ring substituents is 1. The number of anilines is 1. The Morgan fingerprint density at radius 2 is 1.77 bits per heavy atom. The van der Waals surface area contributed by atoms with Gasteiger partial charge in [0.15, 0.2) is 0 Å². The number of fused-ring (bicyclic) bond motifs is 1. The highest BCUT2D eigenvalue weighted by Gasteiger charge is 2.24. The van der Waals surface area contributed by atoms with Gasteiger partial charge in [-0.3, -0.25) is 14.9 Å². The van der Waals surface area contributed by atoms with Crippen molar-refractivity contribution in [3.63, 3.8) is 0 Å². The molecule has 0 unspecified atom stereocenters. The molecular weight excluding hydrogens is 334 g/mol. The molecule has 1 saturated heterocycles. The van der Waals surface area contributed by atoms with Crippen molar-refractivity contribution in [3.05, 3.63) is 63.7 Å². The molecule has 0 radical (unpaired) electrons. The number of hydrogen-bond acceptors (Lipinski definition) is 5. The standard InChI is InChI=1S/C19H19N3O4/c23-19(15-1-6-18-14(13-15)7-12-26-18)21-10-8-20(9-11-21)16-2-4-17(5-3-16)22(24)25/h1-6,13H,7-12H2. The van der Waals surface area contributed by atoms with E-state index in [0.29, 0.717) is 38.3 Å². The summed E-state index contributed by atoms with van der Waals surface area (Å²) in [5, 5.41) is 10.8. The van der Waals surface area contributed by atoms with Gasteiger partial charge < -0.3 is 14.5 Å². The van der Waals surface area contributed by atoms with E-state index in [0.717, 1.165) is 23.4 Å². The van der Waals surface area contributed by atoms with Gasteiger partial charge in [-0.05, 0) is 35.9 Å². The Morgan fingerprint density at radius 3 is 2.46 bits per heavy atom. The monoisotopic (exact) mass is 353 g/mol. The van der Waals surface area contributed by atoms with Gasteiger partial charge in [0, 0.05) is 56.0 Å². The third-order valence-electron chi connectivity index (χ3n) is 4.93. The van der Waals surface area contributed by atoms with Gasteiger partial charge in [-0.1, -0.05) is 0 Å². The van der Waals surface area contributed by atoms with Crippen LogP contribution in [0.1, 0.15) is 15.9 Å². The highest BCUT2D eigenvalue weighted by Crippen LogP contribution is 2.27. The summed E-state index contributed by atoms with van der Waals surface area (Å²) in [6.07, 6.45) is 0.852. The molecule has 0 aliphatic carbocycles. The summed E-state index contributed by atoms with van der Waals surface area (Å²) < 4.78 is 5.49. The number of hydrogen-bond donors (Lipinski definition) is 0. The second-order valence-electron chi connectivity index (χ2n) is 6.47. The summed E-state index contributed by atoms with van der Waals surface area (Å²) in [4.78, 5) is 27.1. The minimum Gasteiger partial charge on any atom is -0.493 e. The Kier molecular flexibility index (Phi) is 4.20. The van der Waals surface area contributed by atoms with Crippen LogP contribution in [0, 0.1) is 10.1 Å². The van der Waals surface area contributed by atoms with Gasteiger partial charge in [-0.15, -0.1) is 0 Å². The van der Waals surface area contributed by atoms with E-state index in [4.69, 9.17) is 4.74 Å². The maximum absolute atomic E-state index is 12.8. The van der Waals surface area contributed by atoms with Crippen molar-refractivity contribution in [1.82, 2.24) is 4.90 Å². The second-order valence-corrected chi connectivity index (χ2v) is 6.47. The molecule has 7 nitrogen and oxygen atoms in total. The molecular formula is C19H19N3O4. The Labute approximate surface area is 150 Å². The van der Waals surface area contributed by atoms with Gasteiger partial charge in [-0.25, -0.2) is 0 Å². The van der Waals surface area contributed by atoms with Crippen LogP contribution in [-0.2, 0) is 6.42 Å². The van der Waals surface area contributed by atoms with E-state index in [1.807, 2.05) is 23.1 Å². The molecule has 1 fully saturated rings. The van der Waals surface area contributed by atoms with Crippen LogP contribution in [0.2, 0.25) is 0 Å². The lowest BCUT2D eigenvalue weighted by Gasteiger charge is -2.36. The van der Waals surface area contributed by atoms with Crippen molar-refractivity contribution in [2.24, 2.45) is 0 Å². The SMILES string of the molecule is O=C(c1ccc2c(c1)CCO2)N1CCN(c2ccc([N+](=O)[O-])cc2)CC1. The lowest BCUT2D eigenvalue weighted by Crippen LogP contribution is -2.48. The fourth-order valence-corrected chi connectivity index (χ4v) is 3.46. The number of carbonyl (C=O) groups excluding carboxylic acids is 1. The van der Waals surface area contributed by atoms with Crippen LogP contribution >= 0.6 is 0 Å². The number of carbonyl (C=O) groups is 1. The maximum atomic E-state index is 12.8. The molecule has 1 amide bonds. The fourth-order valence-electron chi connectivity index (χ4n) is 3.46. The van der Waals surface area contributed by atoms with Crippen molar-refractivity contribution in [3.8, 4) is 5.75 Å². The number of amides is 1. The highest BCUT2D eigenvalue weighted by atomic mass is 16.6. The first kappa shape index (κ1) is 16.4. The summed E-state index contributed by atoms with van der Waals surface area (Å²) in [7, 11) is 0. The first-order chi connectivity index (χ1) is 12.6. The molecule has 26 heavy (non-hydrogen) atoms. The zero-order valence-electron chi connectivity index (χ0n) is 14.3. The van der Waals surface area contributed by atoms with Crippen LogP contribution in [0.4, 0.5) is 11.4 Å². The molecule has 7 heteroatoms. The van der Waals surface area contributed by atoms with Crippen molar-refractivity contribution in [2.75, 3.05) is 37.7 Å². The van der Waals surface area contributed by atoms with Crippen molar-refractivity contribution in [2.45, 2.75) is 6.42 Å². The zero-order valence-corrected chi connectivity index (χ0v) is 14.3. The van der Waals surface area contributed by atoms with Crippen LogP contribution in [0.25, 0.3) is 0 Å². The molecule has 0 bridgehead atoms. The molecule has 2 aromatic carbocycles. The van der Waals surface area contributed by atoms with E-state index in [-0.39, 0.29) is 11.6 Å². The van der Waals surface area contributed by atoms with E-state index in [1.54, 1.807) is 12.1 Å². The summed E-state index contributed by atoms with van der Waals surface area (Å²) in [5.74, 6) is 0.924. The predicted molar refractivity (Wildman–Crippen MR) is 96.9 cm³/mol. The van der Waals surface area contributed by atoms with E-state index < -0.39 is 4.92 Å². The number of rotatable bonds is 3. The maximum Gasteiger partial charge on any atom is 0.269 e. The van der Waals surface area contributed by atoms with Gasteiger partial charge >= 0.3 is 0 Å². The number of benzene rings is 2. The second kappa shape index (κ2) is 6.67. The van der Waals surface area contributed by atoms with Gasteiger partial charge in [0.2, 0.25) is 0 Å². The largest absolute Gasteiger partial charge is 0.493 e. The minimum atomic E-state index is -0.401. The van der Waals surface area contributed by atoms with E-state index in [2.05, 4.69) is 4.90 Å². The van der Waals surface area contributed by atoms with Crippen LogP contribution in [0.5, 0.6) is 5.75 Å². The van der Waals surface area contributed by atoms with Gasteiger partial charge in [0.1, 0.15) is 5.75 Å². The molecule has 0 N–H and O–H groups in total. The number of nitrogens with zero attached hydrogens (tertiary/aromatic N) is 3. The lowest BCUT2D eigenvalue weighted by molar-refractivity contribution is -0.384. The third-order valence-corrected chi connectivity index (χ3v) is 4.93. The number of piperazine rings is 1. The Balaban J connectivity index is 1.40. The number of non-ortho nitro benzene ring substituents is 1. The molecule has 2 aliphatic rings. The lowest BCUT2D eigenvalue weighted by atomic mass is 10.1. The summed E-state index contributed by atoms with van der Waals surface area (Å²) in [6, 6.07) is 12.2. The van der Waals surface area contributed by atoms with Crippen LogP contribution in [-0.4, -0.2) is 48.5 Å². The Hall–Kier alpha value is -3.09. The third kappa shape index (κ3) is 3.08. The molecule has 2 aromatic rings. The van der Waals surface area contributed by atoms with E-state index >= 15 is 0 Å². The molecule has 2 aliphatic heterocycles. The van der Waals surface area contributed by atoms with E-state index in [9.17, 15) is 14.9 Å². The molecule has 4 rings (SSSR count). The topological polar surface area (TPSA) is 75.9 Å². The van der Waals surface area contributed by atoms with Gasteiger partial charge in [-0.2, -0.15) is 0 Å². The average Bonchev–Trinajstić information content (AvgIpc) is 3.15. The van der Waals surface area contributed by atoms with Crippen molar-refractivity contribution in [1.29, 1.82) is 0 Å². The summed E-state index contributed by atoms with van der Waals surface area (Å²) >= 11 is 0. The van der Waals surface area contributed by atoms with Crippen molar-refractivity contribution < 1.29 is 14.5 Å². The minimum absolute atomic E-state index is 0.0445. The molecule has 134 valence electrons. The highest BCUT2D eigenvalue weighted by molar-refractivity contribution is 5.94. The van der Waals surface area contributed by atoms with Gasteiger partial charge in [0.25, 0.3) is 11.6 Å². The quantitative estimate of drug-likeness (QED) is 0.626. The Morgan fingerprint density at radius 1 is 1.04 bits per heavy atom. The number of ether oxygens (including phenoxy) is 1. The first-order valence-corrected chi connectivity index (χ1v) is 8.66. The number of nitro groups is 1. The first-order valence-electron chi connectivity index (χ1n) is 8.66. The summed E-state index contributed by atoms with van der Waals surface area (Å²) in [5.41, 5.74) is 2.83. The molecule has 0 spiro atoms. The molecule has 0 aromatic heterocycles. The van der Waals surface area contributed by atoms with Crippen LogP contribution in [0.3, 0.4) is 0 Å². The predicted octanol–water partition coefficient (Wildman–Crippen LogP) is 2.49. The van der Waals surface area contributed by atoms with Gasteiger partial charge in [0.05, 0.1) is 11.5 Å². The molecule has 2 heterocycles. The molecule has 0 saturated carbocycles. The molecule has 0 atom stereocenters.